The topological polar surface area (TPSA) is 91.0 Å². The minimum Gasteiger partial charge on any atom is -0.495 e. The number of amides is 1. The number of halogens is 1. The third kappa shape index (κ3) is 4.73. The van der Waals surface area contributed by atoms with Crippen LogP contribution in [0.2, 0.25) is 5.02 Å². The number of rotatable bonds is 6. The molecule has 1 aromatic carbocycles. The van der Waals surface area contributed by atoms with E-state index in [4.69, 9.17) is 16.3 Å². The van der Waals surface area contributed by atoms with Crippen molar-refractivity contribution in [1.29, 1.82) is 0 Å². The number of fused-ring (bicyclic) bond motifs is 1. The molecule has 36 heavy (non-hydrogen) atoms. The Morgan fingerprint density at radius 3 is 2.61 bits per heavy atom. The number of ether oxygens (including phenoxy) is 1. The molecule has 5 rings (SSSR count). The van der Waals surface area contributed by atoms with E-state index in [-0.39, 0.29) is 17.6 Å². The van der Waals surface area contributed by atoms with Gasteiger partial charge in [-0.3, -0.25) is 23.9 Å². The number of nitrogens with one attached hydrogen (secondary N) is 1. The molecule has 186 valence electrons. The molecular formula is C27H28ClN5O3. The smallest absolute Gasteiger partial charge is 0.333 e. The summed E-state index contributed by atoms with van der Waals surface area (Å²) < 4.78 is 8.86. The van der Waals surface area contributed by atoms with E-state index in [1.807, 2.05) is 34.9 Å². The molecule has 1 fully saturated rings. The number of hydrogen-bond donors (Lipinski definition) is 1. The average molecular weight is 506 g/mol. The second-order valence-electron chi connectivity index (χ2n) is 9.28. The molecule has 1 aliphatic carbocycles. The van der Waals surface area contributed by atoms with Gasteiger partial charge in [-0.25, -0.2) is 4.79 Å². The summed E-state index contributed by atoms with van der Waals surface area (Å²) in [5.74, 6) is 0.797. The quantitative estimate of drug-likeness (QED) is 0.415. The van der Waals surface area contributed by atoms with Crippen molar-refractivity contribution in [3.05, 3.63) is 81.8 Å². The molecule has 1 saturated carbocycles. The highest BCUT2D eigenvalue weighted by Gasteiger charge is 2.25. The van der Waals surface area contributed by atoms with Crippen LogP contribution >= 0.6 is 11.6 Å². The van der Waals surface area contributed by atoms with Crippen LogP contribution in [0.1, 0.15) is 41.7 Å². The highest BCUT2D eigenvalue weighted by atomic mass is 35.5. The Morgan fingerprint density at radius 2 is 1.86 bits per heavy atom. The van der Waals surface area contributed by atoms with Gasteiger partial charge in [0.2, 0.25) is 0 Å². The average Bonchev–Trinajstić information content (AvgIpc) is 3.17. The van der Waals surface area contributed by atoms with Gasteiger partial charge in [0.25, 0.3) is 5.91 Å². The van der Waals surface area contributed by atoms with Crippen LogP contribution < -0.4 is 15.7 Å². The first-order chi connectivity index (χ1) is 17.4. The fourth-order valence-corrected chi connectivity index (χ4v) is 5.18. The maximum absolute atomic E-state index is 13.6. The lowest BCUT2D eigenvalue weighted by Gasteiger charge is -2.29. The molecule has 8 nitrogen and oxygen atoms in total. The largest absolute Gasteiger partial charge is 0.495 e. The van der Waals surface area contributed by atoms with Gasteiger partial charge in [0.1, 0.15) is 5.75 Å². The van der Waals surface area contributed by atoms with E-state index < -0.39 is 0 Å². The number of imidazole rings is 1. The zero-order valence-corrected chi connectivity index (χ0v) is 21.0. The number of nitrogens with zero attached hydrogens (tertiary/aromatic N) is 4. The van der Waals surface area contributed by atoms with Crippen LogP contribution in [0.25, 0.3) is 16.7 Å². The molecule has 0 atom stereocenters. The summed E-state index contributed by atoms with van der Waals surface area (Å²) in [6.45, 7) is 2.43. The lowest BCUT2D eigenvalue weighted by Crippen LogP contribution is -2.39. The van der Waals surface area contributed by atoms with E-state index >= 15 is 0 Å². The Balaban J connectivity index is 1.31. The van der Waals surface area contributed by atoms with Crippen LogP contribution in [-0.4, -0.2) is 38.2 Å². The second kappa shape index (κ2) is 10.1. The van der Waals surface area contributed by atoms with Gasteiger partial charge in [0.05, 0.1) is 52.5 Å². The Morgan fingerprint density at radius 1 is 1.11 bits per heavy atom. The van der Waals surface area contributed by atoms with E-state index in [1.54, 1.807) is 43.3 Å². The standard InChI is InChI=1S/C27H28ClN5O3/c1-17-23(11-19(28)13-30-17)26(34)31-20-9-7-18(8-10-20)16-32-24-5-3-4-6-25(24)33(27(32)35)21-12-22(36-2)15-29-14-21/h3-6,11-15,18,20H,7-10,16H2,1-2H3,(H,31,34). The highest BCUT2D eigenvalue weighted by molar-refractivity contribution is 6.30. The number of carbonyl (C=O) groups is 1. The van der Waals surface area contributed by atoms with Crippen molar-refractivity contribution >= 4 is 28.5 Å². The molecule has 0 radical (unpaired) electrons. The summed E-state index contributed by atoms with van der Waals surface area (Å²) in [5, 5.41) is 3.58. The van der Waals surface area contributed by atoms with Gasteiger partial charge in [0.15, 0.2) is 0 Å². The molecule has 9 heteroatoms. The molecule has 3 aromatic heterocycles. The number of carbonyl (C=O) groups excluding carboxylic acids is 1. The molecule has 3 heterocycles. The monoisotopic (exact) mass is 505 g/mol. The number of aryl methyl sites for hydroxylation is 1. The molecule has 0 unspecified atom stereocenters. The highest BCUT2D eigenvalue weighted by Crippen LogP contribution is 2.28. The summed E-state index contributed by atoms with van der Waals surface area (Å²) in [7, 11) is 1.58. The van der Waals surface area contributed by atoms with Crippen LogP contribution in [0, 0.1) is 12.8 Å². The fourth-order valence-electron chi connectivity index (χ4n) is 5.02. The minimum atomic E-state index is -0.142. The second-order valence-corrected chi connectivity index (χ2v) is 9.71. The molecular weight excluding hydrogens is 478 g/mol. The molecule has 4 aromatic rings. The van der Waals surface area contributed by atoms with Crippen molar-refractivity contribution in [2.75, 3.05) is 7.11 Å². The first-order valence-electron chi connectivity index (χ1n) is 12.1. The van der Waals surface area contributed by atoms with E-state index in [9.17, 15) is 9.59 Å². The van der Waals surface area contributed by atoms with Crippen LogP contribution in [0.5, 0.6) is 5.75 Å². The molecule has 0 aliphatic heterocycles. The summed E-state index contributed by atoms with van der Waals surface area (Å²) >= 11 is 6.03. The molecule has 1 aliphatic rings. The zero-order valence-electron chi connectivity index (χ0n) is 20.3. The van der Waals surface area contributed by atoms with E-state index in [0.29, 0.717) is 40.2 Å². The first-order valence-corrected chi connectivity index (χ1v) is 12.4. The maximum Gasteiger partial charge on any atom is 0.333 e. The number of pyridine rings is 2. The summed E-state index contributed by atoms with van der Waals surface area (Å²) in [6, 6.07) is 11.4. The number of aromatic nitrogens is 4. The number of methoxy groups -OCH3 is 1. The van der Waals surface area contributed by atoms with Crippen molar-refractivity contribution in [2.24, 2.45) is 5.92 Å². The predicted octanol–water partition coefficient (Wildman–Crippen LogP) is 4.54. The first kappa shape index (κ1) is 24.1. The van der Waals surface area contributed by atoms with E-state index in [2.05, 4.69) is 15.3 Å². The summed E-state index contributed by atoms with van der Waals surface area (Å²) in [6.07, 6.45) is 8.39. The fraction of sp³-hybridized carbons (Fsp3) is 0.333. The van der Waals surface area contributed by atoms with Crippen LogP contribution in [0.4, 0.5) is 0 Å². The third-order valence-corrected chi connectivity index (χ3v) is 7.16. The van der Waals surface area contributed by atoms with Gasteiger partial charge in [-0.15, -0.1) is 0 Å². The summed E-state index contributed by atoms with van der Waals surface area (Å²) in [5.41, 5.74) is 3.48. The van der Waals surface area contributed by atoms with Crippen LogP contribution in [0.15, 0.2) is 59.8 Å². The number of hydrogen-bond acceptors (Lipinski definition) is 5. The van der Waals surface area contributed by atoms with Gasteiger partial charge in [-0.1, -0.05) is 23.7 Å². The van der Waals surface area contributed by atoms with Crippen LogP contribution in [0.3, 0.4) is 0 Å². The molecule has 0 spiro atoms. The van der Waals surface area contributed by atoms with Gasteiger partial charge < -0.3 is 10.1 Å². The third-order valence-electron chi connectivity index (χ3n) is 6.95. The lowest BCUT2D eigenvalue weighted by atomic mass is 9.85. The predicted molar refractivity (Wildman–Crippen MR) is 139 cm³/mol. The maximum atomic E-state index is 13.6. The molecule has 0 bridgehead atoms. The van der Waals surface area contributed by atoms with Crippen molar-refractivity contribution < 1.29 is 9.53 Å². The molecule has 1 N–H and O–H groups in total. The Kier molecular flexibility index (Phi) is 6.78. The summed E-state index contributed by atoms with van der Waals surface area (Å²) in [4.78, 5) is 34.7. The van der Waals surface area contributed by atoms with Gasteiger partial charge >= 0.3 is 5.69 Å². The van der Waals surface area contributed by atoms with E-state index in [1.165, 1.54) is 0 Å². The Labute approximate surface area is 213 Å². The number of benzene rings is 1. The minimum absolute atomic E-state index is 0.0908. The van der Waals surface area contributed by atoms with Crippen molar-refractivity contribution in [3.8, 4) is 11.4 Å². The normalized spacial score (nSPS) is 17.8. The van der Waals surface area contributed by atoms with Crippen molar-refractivity contribution in [2.45, 2.75) is 45.2 Å². The van der Waals surface area contributed by atoms with Gasteiger partial charge in [-0.2, -0.15) is 0 Å². The van der Waals surface area contributed by atoms with E-state index in [0.717, 1.165) is 36.7 Å². The zero-order chi connectivity index (χ0) is 25.2. The molecule has 0 saturated heterocycles. The number of para-hydroxylation sites is 2. The van der Waals surface area contributed by atoms with Crippen molar-refractivity contribution in [1.82, 2.24) is 24.4 Å². The van der Waals surface area contributed by atoms with Gasteiger partial charge in [0, 0.05) is 24.8 Å². The molecule has 1 amide bonds. The van der Waals surface area contributed by atoms with Crippen LogP contribution in [-0.2, 0) is 6.54 Å². The van der Waals surface area contributed by atoms with Gasteiger partial charge in [-0.05, 0) is 56.7 Å². The lowest BCUT2D eigenvalue weighted by molar-refractivity contribution is 0.0919. The SMILES string of the molecule is COc1cncc(-n2c(=O)n(CC3CCC(NC(=O)c4cc(Cl)cnc4C)CC3)c3ccccc32)c1. The Hall–Kier alpha value is -3.65. The van der Waals surface area contributed by atoms with Crippen molar-refractivity contribution in [3.63, 3.8) is 0 Å². The Bertz CT molecular complexity index is 1470.